The molecule has 0 saturated heterocycles. The normalized spacial score (nSPS) is 11.4. The quantitative estimate of drug-likeness (QED) is 0.920. The van der Waals surface area contributed by atoms with Crippen LogP contribution in [0.2, 0.25) is 0 Å². The minimum atomic E-state index is -3.64. The zero-order valence-electron chi connectivity index (χ0n) is 9.65. The van der Waals surface area contributed by atoms with Gasteiger partial charge in [0.05, 0.1) is 4.90 Å². The number of hydrogen-bond acceptors (Lipinski definition) is 4. The van der Waals surface area contributed by atoms with Gasteiger partial charge in [0.25, 0.3) is 5.56 Å². The zero-order chi connectivity index (χ0) is 14.0. The van der Waals surface area contributed by atoms with Crippen molar-refractivity contribution in [3.63, 3.8) is 0 Å². The maximum atomic E-state index is 12.1. The Labute approximate surface area is 118 Å². The van der Waals surface area contributed by atoms with Crippen molar-refractivity contribution in [2.45, 2.75) is 10.8 Å². The Balaban J connectivity index is 2.39. The van der Waals surface area contributed by atoms with Gasteiger partial charge in [0.1, 0.15) is 5.88 Å². The van der Waals surface area contributed by atoms with Crippen molar-refractivity contribution in [1.82, 2.24) is 4.57 Å². The Morgan fingerprint density at radius 3 is 2.42 bits per heavy atom. The first-order valence-electron chi connectivity index (χ1n) is 5.27. The Morgan fingerprint density at radius 2 is 1.79 bits per heavy atom. The average Bonchev–Trinajstić information content (AvgIpc) is 2.35. The molecule has 1 N–H and O–H groups in total. The van der Waals surface area contributed by atoms with E-state index in [9.17, 15) is 18.3 Å². The Hall–Kier alpha value is -1.60. The molecule has 19 heavy (non-hydrogen) atoms. The van der Waals surface area contributed by atoms with E-state index in [0.717, 1.165) is 9.04 Å². The first-order chi connectivity index (χ1) is 8.90. The van der Waals surface area contributed by atoms with Crippen molar-refractivity contribution in [1.29, 1.82) is 0 Å². The topological polar surface area (TPSA) is 76.4 Å². The van der Waals surface area contributed by atoms with Crippen LogP contribution in [0, 0.1) is 0 Å². The largest absolute Gasteiger partial charge is 0.503 e. The van der Waals surface area contributed by atoms with Crippen molar-refractivity contribution < 1.29 is 13.5 Å². The second kappa shape index (κ2) is 5.18. The smallest absolute Gasteiger partial charge is 0.293 e. The van der Waals surface area contributed by atoms with Crippen LogP contribution in [0.4, 0.5) is 0 Å². The molecule has 2 aromatic rings. The second-order valence-electron chi connectivity index (χ2n) is 3.87. The summed E-state index contributed by atoms with van der Waals surface area (Å²) in [6, 6.07) is 8.75. The van der Waals surface area contributed by atoms with Crippen molar-refractivity contribution in [2.24, 2.45) is 0 Å². The van der Waals surface area contributed by atoms with Gasteiger partial charge in [-0.3, -0.25) is 9.36 Å². The molecule has 5 nitrogen and oxygen atoms in total. The number of nitrogens with zero attached hydrogens (tertiary/aromatic N) is 1. The van der Waals surface area contributed by atoms with E-state index >= 15 is 0 Å². The molecule has 0 spiro atoms. The number of hydrogen-bond donors (Lipinski definition) is 1. The molecule has 0 amide bonds. The lowest BCUT2D eigenvalue weighted by molar-refractivity contribution is 0.460. The van der Waals surface area contributed by atoms with Gasteiger partial charge in [-0.25, -0.2) is 8.42 Å². The fourth-order valence-electron chi connectivity index (χ4n) is 1.53. The van der Waals surface area contributed by atoms with Gasteiger partial charge < -0.3 is 5.11 Å². The minimum Gasteiger partial charge on any atom is -0.503 e. The van der Waals surface area contributed by atoms with Crippen LogP contribution in [0.1, 0.15) is 0 Å². The molecule has 2 rings (SSSR count). The number of aromatic hydroxyl groups is 1. The zero-order valence-corrected chi connectivity index (χ0v) is 12.1. The van der Waals surface area contributed by atoms with Gasteiger partial charge in [0, 0.05) is 10.7 Å². The molecule has 0 radical (unpaired) electrons. The third-order valence-electron chi connectivity index (χ3n) is 2.48. The molecular formula is C12H10BrNO4S. The molecule has 0 saturated carbocycles. The summed E-state index contributed by atoms with van der Waals surface area (Å²) in [5.41, 5.74) is -0.733. The number of sulfone groups is 1. The second-order valence-corrected chi connectivity index (χ2v) is 6.74. The molecule has 0 fully saturated rings. The fourth-order valence-corrected chi connectivity index (χ4v) is 3.06. The van der Waals surface area contributed by atoms with Gasteiger partial charge in [-0.15, -0.1) is 0 Å². The predicted octanol–water partition coefficient (Wildman–Crippen LogP) is 1.75. The van der Waals surface area contributed by atoms with Crippen molar-refractivity contribution in [3.05, 3.63) is 57.4 Å². The highest BCUT2D eigenvalue weighted by molar-refractivity contribution is 9.10. The van der Waals surface area contributed by atoms with Crippen molar-refractivity contribution in [3.8, 4) is 5.75 Å². The molecule has 1 aromatic heterocycles. The number of pyridine rings is 1. The summed E-state index contributed by atoms with van der Waals surface area (Å²) >= 11 is 3.22. The van der Waals surface area contributed by atoms with Crippen LogP contribution >= 0.6 is 15.9 Å². The Kier molecular flexibility index (Phi) is 3.77. The van der Waals surface area contributed by atoms with E-state index in [-0.39, 0.29) is 4.90 Å². The molecule has 0 aliphatic carbocycles. The summed E-state index contributed by atoms with van der Waals surface area (Å²) in [6.07, 6.45) is 1.32. The molecular weight excluding hydrogens is 334 g/mol. The Bertz CT molecular complexity index is 750. The molecule has 0 aliphatic rings. The average molecular weight is 344 g/mol. The third-order valence-corrected chi connectivity index (χ3v) is 4.62. The number of rotatable bonds is 3. The maximum Gasteiger partial charge on any atom is 0.293 e. The van der Waals surface area contributed by atoms with Gasteiger partial charge in [-0.05, 0) is 36.4 Å². The van der Waals surface area contributed by atoms with Crippen molar-refractivity contribution in [2.75, 3.05) is 0 Å². The first-order valence-corrected chi connectivity index (χ1v) is 7.71. The lowest BCUT2D eigenvalue weighted by atomic mass is 10.4. The van der Waals surface area contributed by atoms with Crippen LogP contribution in [0.25, 0.3) is 0 Å². The van der Waals surface area contributed by atoms with Crippen LogP contribution in [0.15, 0.2) is 56.8 Å². The maximum absolute atomic E-state index is 12.1. The lowest BCUT2D eigenvalue weighted by Crippen LogP contribution is -2.23. The molecule has 0 atom stereocenters. The monoisotopic (exact) mass is 343 g/mol. The van der Waals surface area contributed by atoms with Crippen LogP contribution in [-0.2, 0) is 15.7 Å². The highest BCUT2D eigenvalue weighted by Gasteiger charge is 2.16. The molecule has 0 aliphatic heterocycles. The van der Waals surface area contributed by atoms with Crippen molar-refractivity contribution >= 4 is 25.8 Å². The molecule has 1 heterocycles. The fraction of sp³-hybridized carbons (Fsp3) is 0.0833. The minimum absolute atomic E-state index is 0.117. The summed E-state index contributed by atoms with van der Waals surface area (Å²) in [6.45, 7) is 0. The Morgan fingerprint density at radius 1 is 1.16 bits per heavy atom. The van der Waals surface area contributed by atoms with E-state index in [4.69, 9.17) is 0 Å². The van der Waals surface area contributed by atoms with Gasteiger partial charge >= 0.3 is 0 Å². The first kappa shape index (κ1) is 13.8. The van der Waals surface area contributed by atoms with E-state index in [0.29, 0.717) is 0 Å². The molecule has 0 bridgehead atoms. The number of benzene rings is 1. The number of aromatic nitrogens is 1. The van der Waals surface area contributed by atoms with E-state index < -0.39 is 27.0 Å². The summed E-state index contributed by atoms with van der Waals surface area (Å²) in [5, 5.41) is 9.27. The summed E-state index contributed by atoms with van der Waals surface area (Å²) in [7, 11) is -3.64. The SMILES string of the molecule is O=c1c(O)cccn1CS(=O)(=O)c1ccc(Br)cc1. The van der Waals surface area contributed by atoms with Gasteiger partial charge in [0.2, 0.25) is 0 Å². The summed E-state index contributed by atoms with van der Waals surface area (Å²) in [5.74, 6) is -0.990. The van der Waals surface area contributed by atoms with Gasteiger partial charge in [0.15, 0.2) is 15.6 Å². The van der Waals surface area contributed by atoms with Crippen LogP contribution in [0.5, 0.6) is 5.75 Å². The predicted molar refractivity (Wildman–Crippen MR) is 73.7 cm³/mol. The van der Waals surface area contributed by atoms with Crippen LogP contribution in [0.3, 0.4) is 0 Å². The molecule has 100 valence electrons. The van der Waals surface area contributed by atoms with E-state index in [2.05, 4.69) is 15.9 Å². The standard InChI is InChI=1S/C12H10BrNO4S/c13-9-3-5-10(6-4-9)19(17,18)8-14-7-1-2-11(15)12(14)16/h1-7,15H,8H2. The molecule has 7 heteroatoms. The van der Waals surface area contributed by atoms with Crippen LogP contribution in [-0.4, -0.2) is 18.1 Å². The molecule has 1 aromatic carbocycles. The lowest BCUT2D eigenvalue weighted by Gasteiger charge is -2.07. The van der Waals surface area contributed by atoms with E-state index in [1.165, 1.54) is 30.5 Å². The van der Waals surface area contributed by atoms with Crippen LogP contribution < -0.4 is 5.56 Å². The molecule has 0 unspecified atom stereocenters. The van der Waals surface area contributed by atoms with E-state index in [1.54, 1.807) is 12.1 Å². The summed E-state index contributed by atoms with van der Waals surface area (Å²) < 4.78 is 26.0. The highest BCUT2D eigenvalue weighted by Crippen LogP contribution is 2.16. The van der Waals surface area contributed by atoms with Gasteiger partial charge in [-0.2, -0.15) is 0 Å². The summed E-state index contributed by atoms with van der Waals surface area (Å²) in [4.78, 5) is 11.7. The number of halogens is 1. The van der Waals surface area contributed by atoms with Gasteiger partial charge in [-0.1, -0.05) is 15.9 Å². The highest BCUT2D eigenvalue weighted by atomic mass is 79.9. The van der Waals surface area contributed by atoms with E-state index in [1.807, 2.05) is 0 Å². The third kappa shape index (κ3) is 3.05.